The van der Waals surface area contributed by atoms with Gasteiger partial charge in [-0.25, -0.2) is 0 Å². The van der Waals surface area contributed by atoms with E-state index in [9.17, 15) is 14.9 Å². The fourth-order valence-electron chi connectivity index (χ4n) is 7.31. The second-order valence-electron chi connectivity index (χ2n) is 11.3. The molecule has 2 amide bonds. The summed E-state index contributed by atoms with van der Waals surface area (Å²) in [5, 5.41) is 9.29. The summed E-state index contributed by atoms with van der Waals surface area (Å²) in [4.78, 5) is 29.5. The first-order chi connectivity index (χ1) is 15.5. The van der Waals surface area contributed by atoms with Crippen molar-refractivity contribution in [2.75, 3.05) is 39.4 Å². The Morgan fingerprint density at radius 1 is 0.812 bits per heavy atom. The van der Waals surface area contributed by atoms with E-state index >= 15 is 0 Å². The number of piperazine rings is 1. The van der Waals surface area contributed by atoms with Crippen LogP contribution in [0.25, 0.3) is 0 Å². The van der Waals surface area contributed by atoms with E-state index in [0.29, 0.717) is 51.2 Å². The van der Waals surface area contributed by atoms with Crippen molar-refractivity contribution in [2.45, 2.75) is 63.3 Å². The van der Waals surface area contributed by atoms with Gasteiger partial charge in [0.15, 0.2) is 0 Å². The van der Waals surface area contributed by atoms with Gasteiger partial charge < -0.3 is 20.3 Å². The Balaban J connectivity index is 1.06. The maximum absolute atomic E-state index is 13.1. The van der Waals surface area contributed by atoms with Crippen molar-refractivity contribution in [3.63, 3.8) is 0 Å². The molecule has 7 heteroatoms. The van der Waals surface area contributed by atoms with E-state index in [2.05, 4.69) is 6.07 Å². The van der Waals surface area contributed by atoms with Crippen LogP contribution >= 0.6 is 0 Å². The van der Waals surface area contributed by atoms with E-state index in [1.54, 1.807) is 4.90 Å². The topological polar surface area (TPSA) is 99.7 Å². The van der Waals surface area contributed by atoms with Crippen molar-refractivity contribution in [3.8, 4) is 6.07 Å². The molecule has 0 aromatic heterocycles. The number of fused-ring (bicyclic) bond motifs is 1. The molecule has 4 atom stereocenters. The highest BCUT2D eigenvalue weighted by Gasteiger charge is 2.46. The Hall–Kier alpha value is -1.65. The van der Waals surface area contributed by atoms with Crippen molar-refractivity contribution in [1.29, 1.82) is 5.26 Å². The van der Waals surface area contributed by atoms with Crippen molar-refractivity contribution in [1.82, 2.24) is 9.80 Å². The van der Waals surface area contributed by atoms with Crippen molar-refractivity contribution in [3.05, 3.63) is 0 Å². The molecule has 176 valence electrons. The lowest BCUT2D eigenvalue weighted by molar-refractivity contribution is -0.158. The maximum Gasteiger partial charge on any atom is 0.247 e. The number of hydrogen-bond donors (Lipinski definition) is 1. The number of amides is 2. The van der Waals surface area contributed by atoms with Gasteiger partial charge in [-0.05, 0) is 81.5 Å². The van der Waals surface area contributed by atoms with E-state index < -0.39 is 5.54 Å². The third kappa shape index (κ3) is 4.17. The summed E-state index contributed by atoms with van der Waals surface area (Å²) < 4.78 is 5.12. The number of nitrogens with two attached hydrogens (primary N) is 1. The van der Waals surface area contributed by atoms with Gasteiger partial charge in [-0.3, -0.25) is 9.59 Å². The third-order valence-corrected chi connectivity index (χ3v) is 9.35. The van der Waals surface area contributed by atoms with Gasteiger partial charge in [0.05, 0.1) is 19.3 Å². The number of hydrogen-bond acceptors (Lipinski definition) is 5. The highest BCUT2D eigenvalue weighted by Crippen LogP contribution is 2.50. The minimum atomic E-state index is -0.849. The van der Waals surface area contributed by atoms with Gasteiger partial charge in [0, 0.05) is 38.0 Å². The van der Waals surface area contributed by atoms with Crippen LogP contribution in [-0.2, 0) is 14.3 Å². The summed E-state index contributed by atoms with van der Waals surface area (Å²) >= 11 is 0. The normalized spacial score (nSPS) is 39.0. The molecule has 0 aromatic rings. The van der Waals surface area contributed by atoms with Crippen molar-refractivity contribution >= 4 is 11.8 Å². The summed E-state index contributed by atoms with van der Waals surface area (Å²) in [6.07, 6.45) is 10.6. The number of carbonyl (C=O) groups is 2. The average Bonchev–Trinajstić information content (AvgIpc) is 3.24. The number of nitriles is 1. The molecule has 3 aliphatic carbocycles. The van der Waals surface area contributed by atoms with Crippen molar-refractivity contribution in [2.24, 2.45) is 41.2 Å². The molecule has 0 aromatic carbocycles. The monoisotopic (exact) mass is 442 g/mol. The van der Waals surface area contributed by atoms with Crippen LogP contribution in [0.2, 0.25) is 0 Å². The first-order valence-corrected chi connectivity index (χ1v) is 12.8. The Kier molecular flexibility index (Phi) is 6.19. The zero-order valence-corrected chi connectivity index (χ0v) is 19.2. The van der Waals surface area contributed by atoms with Crippen LogP contribution in [-0.4, -0.2) is 66.5 Å². The first-order valence-electron chi connectivity index (χ1n) is 12.8. The predicted octanol–water partition coefficient (Wildman–Crippen LogP) is 2.16. The summed E-state index contributed by atoms with van der Waals surface area (Å²) in [6.45, 7) is 2.99. The second kappa shape index (κ2) is 8.95. The number of rotatable bonds is 3. The molecule has 2 heterocycles. The molecule has 7 nitrogen and oxygen atoms in total. The number of ether oxygens (including phenoxy) is 1. The smallest absolute Gasteiger partial charge is 0.247 e. The van der Waals surface area contributed by atoms with Crippen LogP contribution in [0.3, 0.4) is 0 Å². The van der Waals surface area contributed by atoms with Crippen LogP contribution in [0, 0.1) is 46.8 Å². The van der Waals surface area contributed by atoms with E-state index in [0.717, 1.165) is 49.4 Å². The molecule has 5 aliphatic rings. The highest BCUT2D eigenvalue weighted by molar-refractivity contribution is 5.88. The largest absolute Gasteiger partial charge is 0.376 e. The maximum atomic E-state index is 13.1. The van der Waals surface area contributed by atoms with E-state index in [1.165, 1.54) is 32.1 Å². The molecule has 4 unspecified atom stereocenters. The Morgan fingerprint density at radius 2 is 1.38 bits per heavy atom. The molecule has 0 bridgehead atoms. The van der Waals surface area contributed by atoms with Gasteiger partial charge in [0.25, 0.3) is 0 Å². The van der Waals surface area contributed by atoms with Crippen LogP contribution < -0.4 is 5.73 Å². The van der Waals surface area contributed by atoms with Gasteiger partial charge in [0.2, 0.25) is 11.8 Å². The SMILES string of the molecule is N#CC1CC2CCC(C3CCC(C(=O)N4CCN(C(=O)C5(N)COC5)CC4)CC3)CC2C1. The lowest BCUT2D eigenvalue weighted by Crippen LogP contribution is -2.69. The first kappa shape index (κ1) is 22.2. The lowest BCUT2D eigenvalue weighted by atomic mass is 9.66. The molecule has 5 fully saturated rings. The number of carbonyl (C=O) groups excluding carboxylic acids is 2. The third-order valence-electron chi connectivity index (χ3n) is 9.35. The van der Waals surface area contributed by atoms with Gasteiger partial charge in [-0.15, -0.1) is 0 Å². The zero-order valence-electron chi connectivity index (χ0n) is 19.2. The molecular weight excluding hydrogens is 404 g/mol. The summed E-state index contributed by atoms with van der Waals surface area (Å²) in [5.74, 6) is 3.85. The highest BCUT2D eigenvalue weighted by atomic mass is 16.5. The van der Waals surface area contributed by atoms with Crippen LogP contribution in [0.1, 0.15) is 57.8 Å². The minimum Gasteiger partial charge on any atom is -0.376 e. The molecule has 0 spiro atoms. The lowest BCUT2D eigenvalue weighted by Gasteiger charge is -2.44. The molecular formula is C25H38N4O3. The van der Waals surface area contributed by atoms with Crippen LogP contribution in [0.5, 0.6) is 0 Å². The minimum absolute atomic E-state index is 0.0329. The molecule has 32 heavy (non-hydrogen) atoms. The zero-order chi connectivity index (χ0) is 22.3. The Bertz CT molecular complexity index is 760. The van der Waals surface area contributed by atoms with Crippen LogP contribution in [0.4, 0.5) is 0 Å². The number of nitrogens with zero attached hydrogens (tertiary/aromatic N) is 3. The molecule has 3 saturated carbocycles. The Morgan fingerprint density at radius 3 is 1.97 bits per heavy atom. The molecule has 5 rings (SSSR count). The van der Waals surface area contributed by atoms with Gasteiger partial charge in [-0.1, -0.05) is 0 Å². The molecule has 2 N–H and O–H groups in total. The van der Waals surface area contributed by atoms with E-state index in [1.807, 2.05) is 4.90 Å². The quantitative estimate of drug-likeness (QED) is 0.722. The van der Waals surface area contributed by atoms with E-state index in [-0.39, 0.29) is 11.8 Å². The molecule has 2 saturated heterocycles. The molecule has 2 aliphatic heterocycles. The predicted molar refractivity (Wildman–Crippen MR) is 119 cm³/mol. The average molecular weight is 443 g/mol. The van der Waals surface area contributed by atoms with Gasteiger partial charge in [0.1, 0.15) is 5.54 Å². The Labute approximate surface area is 191 Å². The fraction of sp³-hybridized carbons (Fsp3) is 0.880. The van der Waals surface area contributed by atoms with Crippen molar-refractivity contribution < 1.29 is 14.3 Å². The standard InChI is InChI=1S/C25H38N4O3/c26-14-17-11-20-5-6-21(13-22(20)12-17)18-1-3-19(4-2-18)23(30)28-7-9-29(10-8-28)24(31)25(27)15-32-16-25/h17-22H,1-13,15-16,27H2. The van der Waals surface area contributed by atoms with Gasteiger partial charge in [-0.2, -0.15) is 5.26 Å². The molecule has 0 radical (unpaired) electrons. The van der Waals surface area contributed by atoms with Gasteiger partial charge >= 0.3 is 0 Å². The second-order valence-corrected chi connectivity index (χ2v) is 11.3. The summed E-state index contributed by atoms with van der Waals surface area (Å²) in [7, 11) is 0. The summed E-state index contributed by atoms with van der Waals surface area (Å²) in [6, 6.07) is 2.51. The van der Waals surface area contributed by atoms with E-state index in [4.69, 9.17) is 10.5 Å². The van der Waals surface area contributed by atoms with Crippen LogP contribution in [0.15, 0.2) is 0 Å². The summed E-state index contributed by atoms with van der Waals surface area (Å²) in [5.41, 5.74) is 5.24. The fourth-order valence-corrected chi connectivity index (χ4v) is 7.31.